The van der Waals surface area contributed by atoms with E-state index in [1.165, 1.54) is 0 Å². The topological polar surface area (TPSA) is 145 Å². The first kappa shape index (κ1) is 25.4. The number of nitrogens with zero attached hydrogens (tertiary/aromatic N) is 8. The maximum absolute atomic E-state index is 8.84. The predicted molar refractivity (Wildman–Crippen MR) is 97.6 cm³/mol. The van der Waals surface area contributed by atoms with Crippen LogP contribution in [0.25, 0.3) is 0 Å². The molecule has 140 valence electrons. The summed E-state index contributed by atoms with van der Waals surface area (Å²) in [4.78, 5) is 0. The van der Waals surface area contributed by atoms with Crippen LogP contribution >= 0.6 is 0 Å². The molecule has 0 fully saturated rings. The van der Waals surface area contributed by atoms with Crippen LogP contribution in [-0.2, 0) is 0 Å². The number of hydrogen-bond donors (Lipinski definition) is 0. The Balaban J connectivity index is 0. The molecule has 0 aromatic heterocycles. The van der Waals surface area contributed by atoms with Crippen LogP contribution < -0.4 is 0 Å². The lowest BCUT2D eigenvalue weighted by Gasteiger charge is -2.16. The van der Waals surface area contributed by atoms with Gasteiger partial charge in [0.25, 0.3) is 0 Å². The molecule has 26 heavy (non-hydrogen) atoms. The van der Waals surface area contributed by atoms with Crippen LogP contribution in [0, 0.1) is 57.2 Å². The van der Waals surface area contributed by atoms with Gasteiger partial charge in [-0.25, -0.2) is 0 Å². The molecule has 0 aliphatic rings. The third-order valence-electron chi connectivity index (χ3n) is 3.60. The molecule has 0 heterocycles. The molecule has 0 aliphatic carbocycles. The number of hydrogen-bond acceptors (Lipinski definition) is 8. The summed E-state index contributed by atoms with van der Waals surface area (Å²) in [5.74, 6) is -0.183. The third-order valence-corrected chi connectivity index (χ3v) is 3.60. The molecular formula is C18H28N8. The molecular weight excluding hydrogens is 328 g/mol. The van der Waals surface area contributed by atoms with E-state index in [9.17, 15) is 0 Å². The molecule has 0 saturated heterocycles. The summed E-state index contributed by atoms with van der Waals surface area (Å²) >= 11 is 0. The van der Waals surface area contributed by atoms with Crippen molar-refractivity contribution in [1.29, 1.82) is 21.0 Å². The Morgan fingerprint density at radius 1 is 0.731 bits per heavy atom. The zero-order valence-electron chi connectivity index (χ0n) is 16.6. The van der Waals surface area contributed by atoms with Crippen LogP contribution in [0.15, 0.2) is 20.5 Å². The zero-order valence-corrected chi connectivity index (χ0v) is 16.6. The molecule has 4 atom stereocenters. The Bertz CT molecular complexity index is 574. The average Bonchev–Trinajstić information content (AvgIpc) is 2.69. The predicted octanol–water partition coefficient (Wildman–Crippen LogP) is 4.58. The van der Waals surface area contributed by atoms with Crippen LogP contribution in [0.4, 0.5) is 0 Å². The Morgan fingerprint density at radius 2 is 1.04 bits per heavy atom. The first-order chi connectivity index (χ1) is 12.2. The van der Waals surface area contributed by atoms with Gasteiger partial charge in [0.2, 0.25) is 0 Å². The fraction of sp³-hybridized carbons (Fsp3) is 0.778. The van der Waals surface area contributed by atoms with Crippen molar-refractivity contribution < 1.29 is 0 Å². The van der Waals surface area contributed by atoms with Gasteiger partial charge in [-0.05, 0) is 40.5 Å². The van der Waals surface area contributed by atoms with Crippen molar-refractivity contribution in [1.82, 2.24) is 0 Å². The molecule has 8 heteroatoms. The summed E-state index contributed by atoms with van der Waals surface area (Å²) in [7, 11) is 0. The van der Waals surface area contributed by atoms with Crippen LogP contribution in [0.5, 0.6) is 0 Å². The molecule has 0 bridgehead atoms. The first-order valence-electron chi connectivity index (χ1n) is 8.54. The molecule has 4 unspecified atom stereocenters. The highest BCUT2D eigenvalue weighted by atomic mass is 15.2. The van der Waals surface area contributed by atoms with Crippen LogP contribution in [0.3, 0.4) is 0 Å². The maximum Gasteiger partial charge on any atom is 0.164 e. The lowest BCUT2D eigenvalue weighted by molar-refractivity contribution is 0.473. The molecule has 0 rings (SSSR count). The van der Waals surface area contributed by atoms with Crippen LogP contribution in [0.2, 0.25) is 0 Å². The molecule has 0 aromatic carbocycles. The Labute approximate surface area is 156 Å². The minimum Gasteiger partial charge on any atom is -0.198 e. The molecule has 0 N–H and O–H groups in total. The standard InChI is InChI=1S/C10H16N4.C8H12N4/c1-5-9(3,7-11)13-14-10(4,6-2)8-12;1-7(3-9)5-11-12-6-8(2)4-10/h5-6H2,1-4H3;7-8H,5-6H2,1-2H3. The van der Waals surface area contributed by atoms with Crippen LogP contribution in [0.1, 0.15) is 54.4 Å². The van der Waals surface area contributed by atoms with Crippen molar-refractivity contribution in [3.8, 4) is 24.3 Å². The van der Waals surface area contributed by atoms with E-state index in [0.29, 0.717) is 25.9 Å². The minimum atomic E-state index is -0.798. The van der Waals surface area contributed by atoms with Gasteiger partial charge in [-0.1, -0.05) is 13.8 Å². The lowest BCUT2D eigenvalue weighted by Crippen LogP contribution is -2.22. The summed E-state index contributed by atoms with van der Waals surface area (Å²) in [6, 6.07) is 8.25. The van der Waals surface area contributed by atoms with E-state index < -0.39 is 11.1 Å². The van der Waals surface area contributed by atoms with Crippen molar-refractivity contribution in [3.05, 3.63) is 0 Å². The SMILES string of the molecule is CC(C#N)CN=NCC(C)C#N.CCC(C)(C#N)N=NC(C)(C#N)CC. The van der Waals surface area contributed by atoms with E-state index in [4.69, 9.17) is 21.0 Å². The lowest BCUT2D eigenvalue weighted by atomic mass is 10.0. The average molecular weight is 356 g/mol. The fourth-order valence-electron chi connectivity index (χ4n) is 1.01. The number of rotatable bonds is 8. The van der Waals surface area contributed by atoms with Gasteiger partial charge in [-0.2, -0.15) is 41.5 Å². The van der Waals surface area contributed by atoms with Gasteiger partial charge in [0.05, 0.1) is 49.2 Å². The van der Waals surface area contributed by atoms with E-state index in [-0.39, 0.29) is 11.8 Å². The molecule has 8 nitrogen and oxygen atoms in total. The van der Waals surface area contributed by atoms with Gasteiger partial charge in [0.1, 0.15) is 0 Å². The van der Waals surface area contributed by atoms with Crippen LogP contribution in [-0.4, -0.2) is 24.2 Å². The number of nitriles is 4. The van der Waals surface area contributed by atoms with E-state index >= 15 is 0 Å². The quantitative estimate of drug-likeness (QED) is 0.586. The van der Waals surface area contributed by atoms with E-state index in [1.807, 2.05) is 26.0 Å². The summed E-state index contributed by atoms with van der Waals surface area (Å²) in [6.45, 7) is 11.6. The molecule has 0 saturated carbocycles. The Hall–Kier alpha value is -2.84. The largest absolute Gasteiger partial charge is 0.198 e. The van der Waals surface area contributed by atoms with Gasteiger partial charge >= 0.3 is 0 Å². The second kappa shape index (κ2) is 13.5. The van der Waals surface area contributed by atoms with E-state index in [0.717, 1.165) is 0 Å². The molecule has 0 radical (unpaired) electrons. The number of azo groups is 2. The van der Waals surface area contributed by atoms with Crippen molar-refractivity contribution in [3.63, 3.8) is 0 Å². The van der Waals surface area contributed by atoms with Crippen molar-refractivity contribution in [2.24, 2.45) is 32.3 Å². The Morgan fingerprint density at radius 3 is 1.23 bits per heavy atom. The molecule has 0 spiro atoms. The second-order valence-electron chi connectivity index (χ2n) is 6.39. The monoisotopic (exact) mass is 356 g/mol. The van der Waals surface area contributed by atoms with Gasteiger partial charge < -0.3 is 0 Å². The van der Waals surface area contributed by atoms with E-state index in [2.05, 4.69) is 32.6 Å². The third kappa shape index (κ3) is 11.7. The van der Waals surface area contributed by atoms with Crippen molar-refractivity contribution in [2.75, 3.05) is 13.1 Å². The summed E-state index contributed by atoms with van der Waals surface area (Å²) in [5, 5.41) is 49.9. The highest BCUT2D eigenvalue weighted by molar-refractivity contribution is 5.06. The van der Waals surface area contributed by atoms with Crippen molar-refractivity contribution in [2.45, 2.75) is 65.5 Å². The van der Waals surface area contributed by atoms with E-state index in [1.54, 1.807) is 27.7 Å². The molecule has 0 amide bonds. The first-order valence-corrected chi connectivity index (χ1v) is 8.54. The van der Waals surface area contributed by atoms with Crippen molar-refractivity contribution >= 4 is 0 Å². The highest BCUT2D eigenvalue weighted by Gasteiger charge is 2.25. The van der Waals surface area contributed by atoms with Gasteiger partial charge in [0, 0.05) is 0 Å². The summed E-state index contributed by atoms with van der Waals surface area (Å²) in [6.07, 6.45) is 1.19. The molecule has 0 aromatic rings. The second-order valence-corrected chi connectivity index (χ2v) is 6.39. The Kier molecular flexibility index (Phi) is 13.1. The fourth-order valence-corrected chi connectivity index (χ4v) is 1.01. The molecule has 0 aliphatic heterocycles. The van der Waals surface area contributed by atoms with Gasteiger partial charge in [-0.15, -0.1) is 0 Å². The maximum atomic E-state index is 8.84. The minimum absolute atomic E-state index is 0.0915. The summed E-state index contributed by atoms with van der Waals surface area (Å²) in [5.41, 5.74) is -1.60. The van der Waals surface area contributed by atoms with Gasteiger partial charge in [-0.3, -0.25) is 0 Å². The van der Waals surface area contributed by atoms with Gasteiger partial charge in [0.15, 0.2) is 11.1 Å². The smallest absolute Gasteiger partial charge is 0.164 e. The zero-order chi connectivity index (χ0) is 20.6. The summed E-state index contributed by atoms with van der Waals surface area (Å²) < 4.78 is 0. The highest BCUT2D eigenvalue weighted by Crippen LogP contribution is 2.20. The normalized spacial score (nSPS) is 17.3.